The van der Waals surface area contributed by atoms with Crippen LogP contribution in [0.1, 0.15) is 24.5 Å². The Morgan fingerprint density at radius 1 is 1.17 bits per heavy atom. The second kappa shape index (κ2) is 8.55. The van der Waals surface area contributed by atoms with Gasteiger partial charge < -0.3 is 15.0 Å². The lowest BCUT2D eigenvalue weighted by atomic mass is 10.1. The molecule has 0 radical (unpaired) electrons. The van der Waals surface area contributed by atoms with E-state index in [1.54, 1.807) is 18.2 Å². The summed E-state index contributed by atoms with van der Waals surface area (Å²) in [5, 5.41) is 2.70. The Labute approximate surface area is 166 Å². The molecule has 1 aliphatic rings. The van der Waals surface area contributed by atoms with Crippen molar-refractivity contribution < 1.29 is 27.5 Å². The number of carbonyl (C=O) groups is 2. The Kier molecular flexibility index (Phi) is 6.10. The summed E-state index contributed by atoms with van der Waals surface area (Å²) >= 11 is 0. The molecule has 1 N–H and O–H groups in total. The molecule has 1 saturated heterocycles. The molecular formula is C21H21F3N2O3. The van der Waals surface area contributed by atoms with E-state index < -0.39 is 17.7 Å². The van der Waals surface area contributed by atoms with E-state index in [1.807, 2.05) is 13.0 Å². The number of alkyl halides is 3. The molecule has 1 heterocycles. The first-order valence-electron chi connectivity index (χ1n) is 9.25. The van der Waals surface area contributed by atoms with Crippen molar-refractivity contribution in [3.05, 3.63) is 59.7 Å². The third-order valence-corrected chi connectivity index (χ3v) is 4.70. The van der Waals surface area contributed by atoms with Crippen molar-refractivity contribution in [3.8, 4) is 5.75 Å². The maximum absolute atomic E-state index is 12.6. The number of rotatable bonds is 6. The predicted molar refractivity (Wildman–Crippen MR) is 101 cm³/mol. The molecule has 3 rings (SSSR count). The molecule has 5 nitrogen and oxygen atoms in total. The lowest BCUT2D eigenvalue weighted by Crippen LogP contribution is -2.32. The van der Waals surface area contributed by atoms with Gasteiger partial charge in [0, 0.05) is 19.5 Å². The highest BCUT2D eigenvalue weighted by Crippen LogP contribution is 2.33. The molecule has 1 fully saturated rings. The van der Waals surface area contributed by atoms with E-state index >= 15 is 0 Å². The fourth-order valence-electron chi connectivity index (χ4n) is 3.22. The van der Waals surface area contributed by atoms with Crippen LogP contribution < -0.4 is 15.0 Å². The fourth-order valence-corrected chi connectivity index (χ4v) is 3.22. The molecule has 0 aliphatic carbocycles. The minimum atomic E-state index is -4.40. The van der Waals surface area contributed by atoms with Gasteiger partial charge in [0.05, 0.1) is 23.8 Å². The van der Waals surface area contributed by atoms with Gasteiger partial charge >= 0.3 is 6.18 Å². The minimum Gasteiger partial charge on any atom is -0.492 e. The van der Waals surface area contributed by atoms with Crippen LogP contribution in [0, 0.1) is 5.92 Å². The largest absolute Gasteiger partial charge is 0.492 e. The highest BCUT2D eigenvalue weighted by molar-refractivity contribution is 6.01. The van der Waals surface area contributed by atoms with E-state index in [0.29, 0.717) is 23.6 Å². The summed E-state index contributed by atoms with van der Waals surface area (Å²) < 4.78 is 43.4. The average Bonchev–Trinajstić information content (AvgIpc) is 3.08. The summed E-state index contributed by atoms with van der Waals surface area (Å²) in [4.78, 5) is 26.4. The zero-order valence-corrected chi connectivity index (χ0v) is 15.8. The predicted octanol–water partition coefficient (Wildman–Crippen LogP) is 3.77. The van der Waals surface area contributed by atoms with Gasteiger partial charge in [-0.05, 0) is 36.8 Å². The van der Waals surface area contributed by atoms with E-state index in [-0.39, 0.29) is 31.3 Å². The third kappa shape index (κ3) is 4.88. The lowest BCUT2D eigenvalue weighted by Gasteiger charge is -2.20. The van der Waals surface area contributed by atoms with Crippen LogP contribution in [-0.4, -0.2) is 25.0 Å². The number of benzene rings is 2. The number of carbonyl (C=O) groups excluding carboxylic acids is 2. The lowest BCUT2D eigenvalue weighted by molar-refractivity contribution is -0.137. The molecule has 2 aromatic carbocycles. The summed E-state index contributed by atoms with van der Waals surface area (Å²) in [5.74, 6) is -0.442. The minimum absolute atomic E-state index is 0.0688. The van der Waals surface area contributed by atoms with Crippen molar-refractivity contribution in [2.75, 3.05) is 18.1 Å². The van der Waals surface area contributed by atoms with Crippen LogP contribution >= 0.6 is 0 Å². The highest BCUT2D eigenvalue weighted by atomic mass is 19.4. The smallest absolute Gasteiger partial charge is 0.416 e. The number of nitrogens with one attached hydrogen (secondary N) is 1. The number of hydrogen-bond acceptors (Lipinski definition) is 3. The molecular weight excluding hydrogens is 385 g/mol. The zero-order valence-electron chi connectivity index (χ0n) is 15.8. The summed E-state index contributed by atoms with van der Waals surface area (Å²) in [6.07, 6.45) is -4.33. The molecule has 29 heavy (non-hydrogen) atoms. The van der Waals surface area contributed by atoms with E-state index in [2.05, 4.69) is 5.32 Å². The molecule has 1 aliphatic heterocycles. The molecule has 2 amide bonds. The second-order valence-corrected chi connectivity index (χ2v) is 6.72. The van der Waals surface area contributed by atoms with E-state index in [9.17, 15) is 22.8 Å². The van der Waals surface area contributed by atoms with Gasteiger partial charge in [0.2, 0.25) is 11.8 Å². The first-order chi connectivity index (χ1) is 13.8. The Morgan fingerprint density at radius 3 is 2.52 bits per heavy atom. The van der Waals surface area contributed by atoms with Crippen molar-refractivity contribution in [2.24, 2.45) is 5.92 Å². The van der Waals surface area contributed by atoms with Gasteiger partial charge in [-0.1, -0.05) is 24.3 Å². The molecule has 0 unspecified atom stereocenters. The Bertz CT molecular complexity index is 881. The zero-order chi connectivity index (χ0) is 21.0. The topological polar surface area (TPSA) is 58.6 Å². The Morgan fingerprint density at radius 2 is 1.86 bits per heavy atom. The number of nitrogens with zero attached hydrogens (tertiary/aromatic N) is 1. The van der Waals surface area contributed by atoms with Crippen molar-refractivity contribution in [1.29, 1.82) is 0 Å². The van der Waals surface area contributed by atoms with Crippen molar-refractivity contribution in [3.63, 3.8) is 0 Å². The number of anilines is 1. The van der Waals surface area contributed by atoms with Gasteiger partial charge in [-0.3, -0.25) is 9.59 Å². The van der Waals surface area contributed by atoms with Crippen molar-refractivity contribution in [2.45, 2.75) is 26.1 Å². The molecule has 0 aromatic heterocycles. The Hall–Kier alpha value is -3.03. The summed E-state index contributed by atoms with van der Waals surface area (Å²) in [5.41, 5.74) is 0.434. The molecule has 8 heteroatoms. The molecule has 154 valence electrons. The van der Waals surface area contributed by atoms with Crippen LogP contribution in [0.3, 0.4) is 0 Å². The van der Waals surface area contributed by atoms with Gasteiger partial charge in [0.25, 0.3) is 0 Å². The second-order valence-electron chi connectivity index (χ2n) is 6.72. The summed E-state index contributed by atoms with van der Waals surface area (Å²) in [7, 11) is 0. The number of hydrogen-bond donors (Lipinski definition) is 1. The average molecular weight is 406 g/mol. The van der Waals surface area contributed by atoms with Crippen LogP contribution in [0.5, 0.6) is 5.75 Å². The number of para-hydroxylation sites is 2. The first-order valence-corrected chi connectivity index (χ1v) is 9.25. The quantitative estimate of drug-likeness (QED) is 0.795. The number of ether oxygens (including phenoxy) is 1. The first kappa shape index (κ1) is 20.7. The summed E-state index contributed by atoms with van der Waals surface area (Å²) in [6, 6.07) is 11.8. The van der Waals surface area contributed by atoms with Gasteiger partial charge in [0.15, 0.2) is 0 Å². The van der Waals surface area contributed by atoms with Gasteiger partial charge in [-0.15, -0.1) is 0 Å². The van der Waals surface area contributed by atoms with Gasteiger partial charge in [0.1, 0.15) is 5.75 Å². The number of halogens is 3. The standard InChI is InChI=1S/C21H21F3N2O3/c1-2-29-18-6-4-3-5-17(18)26-13-15(11-19(26)27)20(28)25-12-14-7-9-16(10-8-14)21(22,23)24/h3-10,15H,2,11-13H2,1H3,(H,25,28)/t15-/m0/s1. The maximum Gasteiger partial charge on any atom is 0.416 e. The van der Waals surface area contributed by atoms with Crippen LogP contribution in [0.15, 0.2) is 48.5 Å². The molecule has 0 bridgehead atoms. The summed E-state index contributed by atoms with van der Waals surface area (Å²) in [6.45, 7) is 2.62. The Balaban J connectivity index is 1.61. The van der Waals surface area contributed by atoms with Crippen LogP contribution in [0.2, 0.25) is 0 Å². The molecule has 0 spiro atoms. The molecule has 2 aromatic rings. The normalized spacial score (nSPS) is 16.8. The highest BCUT2D eigenvalue weighted by Gasteiger charge is 2.36. The van der Waals surface area contributed by atoms with Gasteiger partial charge in [-0.2, -0.15) is 13.2 Å². The molecule has 1 atom stereocenters. The van der Waals surface area contributed by atoms with Crippen LogP contribution in [0.25, 0.3) is 0 Å². The monoisotopic (exact) mass is 406 g/mol. The SMILES string of the molecule is CCOc1ccccc1N1C[C@@H](C(=O)NCc2ccc(C(F)(F)F)cc2)CC1=O. The van der Waals surface area contributed by atoms with E-state index in [0.717, 1.165) is 12.1 Å². The van der Waals surface area contributed by atoms with Crippen molar-refractivity contribution >= 4 is 17.5 Å². The third-order valence-electron chi connectivity index (χ3n) is 4.70. The fraction of sp³-hybridized carbons (Fsp3) is 0.333. The van der Waals surface area contributed by atoms with Crippen molar-refractivity contribution in [1.82, 2.24) is 5.32 Å². The van der Waals surface area contributed by atoms with Gasteiger partial charge in [-0.25, -0.2) is 0 Å². The van der Waals surface area contributed by atoms with Crippen LogP contribution in [-0.2, 0) is 22.3 Å². The van der Waals surface area contributed by atoms with Crippen LogP contribution in [0.4, 0.5) is 18.9 Å². The molecule has 0 saturated carbocycles. The number of amides is 2. The maximum atomic E-state index is 12.6. The van der Waals surface area contributed by atoms with E-state index in [4.69, 9.17) is 4.74 Å². The van der Waals surface area contributed by atoms with E-state index in [1.165, 1.54) is 17.0 Å².